The van der Waals surface area contributed by atoms with Crippen LogP contribution >= 0.6 is 15.9 Å². The van der Waals surface area contributed by atoms with Gasteiger partial charge >= 0.3 is 5.97 Å². The highest BCUT2D eigenvalue weighted by molar-refractivity contribution is 9.10. The van der Waals surface area contributed by atoms with E-state index in [-0.39, 0.29) is 18.5 Å². The van der Waals surface area contributed by atoms with Gasteiger partial charge in [0.05, 0.1) is 5.56 Å². The molecule has 0 unspecified atom stereocenters. The van der Waals surface area contributed by atoms with Gasteiger partial charge in [0.2, 0.25) is 0 Å². The highest BCUT2D eigenvalue weighted by Crippen LogP contribution is 2.26. The largest absolute Gasteiger partial charge is 0.480 e. The van der Waals surface area contributed by atoms with Crippen molar-refractivity contribution in [2.24, 2.45) is 0 Å². The van der Waals surface area contributed by atoms with Gasteiger partial charge in [-0.15, -0.1) is 0 Å². The maximum Gasteiger partial charge on any atom is 0.323 e. The first kappa shape index (κ1) is 14.1. The first-order valence-electron chi connectivity index (χ1n) is 6.37. The predicted octanol–water partition coefficient (Wildman–Crippen LogP) is 2.92. The van der Waals surface area contributed by atoms with Gasteiger partial charge in [0, 0.05) is 10.5 Å². The molecule has 0 heterocycles. The number of carbonyl (C=O) groups is 2. The molecular weight excluding hydrogens is 310 g/mol. The van der Waals surface area contributed by atoms with Gasteiger partial charge in [-0.25, -0.2) is 0 Å². The number of nitrogens with zero attached hydrogens (tertiary/aromatic N) is 1. The predicted molar refractivity (Wildman–Crippen MR) is 75.1 cm³/mol. The van der Waals surface area contributed by atoms with Gasteiger partial charge in [-0.2, -0.15) is 0 Å². The van der Waals surface area contributed by atoms with Crippen LogP contribution in [0, 0.1) is 0 Å². The number of amides is 1. The van der Waals surface area contributed by atoms with Gasteiger partial charge in [0.1, 0.15) is 6.54 Å². The monoisotopic (exact) mass is 325 g/mol. The topological polar surface area (TPSA) is 57.6 Å². The molecule has 1 aromatic rings. The average molecular weight is 326 g/mol. The van der Waals surface area contributed by atoms with Gasteiger partial charge < -0.3 is 10.0 Å². The average Bonchev–Trinajstić information content (AvgIpc) is 2.89. The van der Waals surface area contributed by atoms with E-state index in [1.807, 2.05) is 6.07 Å². The Labute approximate surface area is 120 Å². The molecular formula is C14H16BrNO3. The van der Waals surface area contributed by atoms with Gasteiger partial charge in [-0.3, -0.25) is 9.59 Å². The van der Waals surface area contributed by atoms with E-state index in [4.69, 9.17) is 5.11 Å². The summed E-state index contributed by atoms with van der Waals surface area (Å²) < 4.78 is 0.702. The third kappa shape index (κ3) is 3.35. The first-order valence-corrected chi connectivity index (χ1v) is 7.16. The molecule has 1 aromatic carbocycles. The number of aliphatic carboxylic acids is 1. The minimum atomic E-state index is -0.965. The van der Waals surface area contributed by atoms with Crippen molar-refractivity contribution in [3.05, 3.63) is 34.3 Å². The molecule has 1 aliphatic rings. The Morgan fingerprint density at radius 2 is 1.89 bits per heavy atom. The van der Waals surface area contributed by atoms with Crippen molar-refractivity contribution in [2.75, 3.05) is 6.54 Å². The van der Waals surface area contributed by atoms with Crippen LogP contribution in [-0.4, -0.2) is 34.5 Å². The molecule has 0 bridgehead atoms. The Balaban J connectivity index is 2.24. The fourth-order valence-corrected chi connectivity index (χ4v) is 2.97. The summed E-state index contributed by atoms with van der Waals surface area (Å²) in [4.78, 5) is 25.0. The van der Waals surface area contributed by atoms with Crippen LogP contribution in [0.5, 0.6) is 0 Å². The Hall–Kier alpha value is -1.36. The number of carboxylic acid groups (broad SMARTS) is 1. The number of carbonyl (C=O) groups excluding carboxylic acids is 1. The minimum absolute atomic E-state index is 0.0516. The van der Waals surface area contributed by atoms with Gasteiger partial charge in [-0.05, 0) is 40.9 Å². The molecule has 1 aliphatic carbocycles. The number of hydrogen-bond acceptors (Lipinski definition) is 2. The number of halogens is 1. The Morgan fingerprint density at radius 1 is 1.26 bits per heavy atom. The zero-order valence-electron chi connectivity index (χ0n) is 10.5. The van der Waals surface area contributed by atoms with E-state index < -0.39 is 5.97 Å². The third-order valence-corrected chi connectivity index (χ3v) is 4.13. The Morgan fingerprint density at radius 3 is 2.47 bits per heavy atom. The summed E-state index contributed by atoms with van der Waals surface area (Å²) in [6, 6.07) is 7.18. The lowest BCUT2D eigenvalue weighted by Gasteiger charge is -2.27. The number of carboxylic acids is 1. The molecule has 0 aliphatic heterocycles. The van der Waals surface area contributed by atoms with Crippen LogP contribution in [0.1, 0.15) is 36.0 Å². The van der Waals surface area contributed by atoms with E-state index >= 15 is 0 Å². The van der Waals surface area contributed by atoms with Gasteiger partial charge in [0.25, 0.3) is 5.91 Å². The van der Waals surface area contributed by atoms with Crippen LogP contribution in [0.2, 0.25) is 0 Å². The van der Waals surface area contributed by atoms with Crippen molar-refractivity contribution in [1.29, 1.82) is 0 Å². The number of hydrogen-bond donors (Lipinski definition) is 1. The first-order chi connectivity index (χ1) is 9.09. The quantitative estimate of drug-likeness (QED) is 0.925. The van der Waals surface area contributed by atoms with Crippen LogP contribution < -0.4 is 0 Å². The zero-order chi connectivity index (χ0) is 13.8. The van der Waals surface area contributed by atoms with E-state index in [1.165, 1.54) is 4.90 Å². The SMILES string of the molecule is O=C(O)CN(C(=O)c1ccccc1Br)C1CCCC1. The summed E-state index contributed by atoms with van der Waals surface area (Å²) in [7, 11) is 0. The zero-order valence-corrected chi connectivity index (χ0v) is 12.1. The minimum Gasteiger partial charge on any atom is -0.480 e. The highest BCUT2D eigenvalue weighted by atomic mass is 79.9. The molecule has 0 atom stereocenters. The number of benzene rings is 1. The van der Waals surface area contributed by atoms with Crippen LogP contribution in [0.3, 0.4) is 0 Å². The molecule has 1 amide bonds. The molecule has 0 spiro atoms. The standard InChI is InChI=1S/C14H16BrNO3/c15-12-8-4-3-7-11(12)14(19)16(9-13(17)18)10-5-1-2-6-10/h3-4,7-8,10H,1-2,5-6,9H2,(H,17,18). The summed E-state index contributed by atoms with van der Waals surface area (Å²) >= 11 is 3.35. The van der Waals surface area contributed by atoms with Crippen molar-refractivity contribution < 1.29 is 14.7 Å². The van der Waals surface area contributed by atoms with Crippen LogP contribution in [-0.2, 0) is 4.79 Å². The van der Waals surface area contributed by atoms with E-state index in [0.29, 0.717) is 10.0 Å². The molecule has 0 radical (unpaired) electrons. The molecule has 19 heavy (non-hydrogen) atoms. The molecule has 4 nitrogen and oxygen atoms in total. The Kier molecular flexibility index (Phi) is 4.58. The smallest absolute Gasteiger partial charge is 0.323 e. The van der Waals surface area contributed by atoms with Crippen molar-refractivity contribution in [1.82, 2.24) is 4.90 Å². The van der Waals surface area contributed by atoms with Gasteiger partial charge in [-0.1, -0.05) is 25.0 Å². The van der Waals surface area contributed by atoms with Crippen LogP contribution in [0.15, 0.2) is 28.7 Å². The van der Waals surface area contributed by atoms with Crippen LogP contribution in [0.4, 0.5) is 0 Å². The summed E-state index contributed by atoms with van der Waals surface area (Å²) in [6.07, 6.45) is 3.90. The summed E-state index contributed by atoms with van der Waals surface area (Å²) in [5.41, 5.74) is 0.524. The molecule has 102 valence electrons. The molecule has 1 N–H and O–H groups in total. The fraction of sp³-hybridized carbons (Fsp3) is 0.429. The molecule has 1 fully saturated rings. The molecule has 0 saturated heterocycles. The van der Waals surface area contributed by atoms with E-state index in [0.717, 1.165) is 25.7 Å². The summed E-state index contributed by atoms with van der Waals surface area (Å²) in [5.74, 6) is -1.17. The summed E-state index contributed by atoms with van der Waals surface area (Å²) in [6.45, 7) is -0.231. The second-order valence-corrected chi connectivity index (χ2v) is 5.60. The van der Waals surface area contributed by atoms with Crippen molar-refractivity contribution in [3.63, 3.8) is 0 Å². The third-order valence-electron chi connectivity index (χ3n) is 3.44. The van der Waals surface area contributed by atoms with Gasteiger partial charge in [0.15, 0.2) is 0 Å². The van der Waals surface area contributed by atoms with E-state index in [9.17, 15) is 9.59 Å². The highest BCUT2D eigenvalue weighted by Gasteiger charge is 2.29. The summed E-state index contributed by atoms with van der Waals surface area (Å²) in [5, 5.41) is 9.00. The second kappa shape index (κ2) is 6.19. The Bertz CT molecular complexity index is 483. The fourth-order valence-electron chi connectivity index (χ4n) is 2.52. The van der Waals surface area contributed by atoms with E-state index in [2.05, 4.69) is 15.9 Å². The maximum atomic E-state index is 12.5. The van der Waals surface area contributed by atoms with Crippen molar-refractivity contribution in [2.45, 2.75) is 31.7 Å². The molecule has 0 aromatic heterocycles. The maximum absolute atomic E-state index is 12.5. The molecule has 2 rings (SSSR count). The van der Waals surface area contributed by atoms with E-state index in [1.54, 1.807) is 18.2 Å². The lowest BCUT2D eigenvalue weighted by atomic mass is 10.1. The lowest BCUT2D eigenvalue weighted by molar-refractivity contribution is -0.138. The molecule has 5 heteroatoms. The second-order valence-electron chi connectivity index (χ2n) is 4.74. The molecule has 1 saturated carbocycles. The van der Waals surface area contributed by atoms with Crippen LogP contribution in [0.25, 0.3) is 0 Å². The normalized spacial score (nSPS) is 15.4. The number of rotatable bonds is 4. The van der Waals surface area contributed by atoms with Crippen molar-refractivity contribution in [3.8, 4) is 0 Å². The lowest BCUT2D eigenvalue weighted by Crippen LogP contribution is -2.42. The van der Waals surface area contributed by atoms with Crippen molar-refractivity contribution >= 4 is 27.8 Å².